The SMILES string of the molecule is COC1CN(S)CCC1N. The fourth-order valence-electron chi connectivity index (χ4n) is 1.17. The van der Waals surface area contributed by atoms with E-state index in [4.69, 9.17) is 10.5 Å². The van der Waals surface area contributed by atoms with Crippen LogP contribution in [0.15, 0.2) is 0 Å². The van der Waals surface area contributed by atoms with Crippen molar-refractivity contribution in [1.29, 1.82) is 0 Å². The zero-order chi connectivity index (χ0) is 7.56. The van der Waals surface area contributed by atoms with Crippen LogP contribution >= 0.6 is 12.8 Å². The number of rotatable bonds is 1. The minimum atomic E-state index is 0.159. The Morgan fingerprint density at radius 1 is 1.70 bits per heavy atom. The van der Waals surface area contributed by atoms with Gasteiger partial charge in [0.25, 0.3) is 0 Å². The molecule has 2 N–H and O–H groups in total. The van der Waals surface area contributed by atoms with E-state index in [-0.39, 0.29) is 12.1 Å². The van der Waals surface area contributed by atoms with Crippen LogP contribution in [0.5, 0.6) is 0 Å². The minimum absolute atomic E-state index is 0.159. The fourth-order valence-corrected chi connectivity index (χ4v) is 1.44. The Hall–Kier alpha value is 0.230. The van der Waals surface area contributed by atoms with Gasteiger partial charge in [-0.15, -0.1) is 0 Å². The van der Waals surface area contributed by atoms with Gasteiger partial charge in [0.1, 0.15) is 0 Å². The van der Waals surface area contributed by atoms with Crippen molar-refractivity contribution in [1.82, 2.24) is 4.31 Å². The molecule has 10 heavy (non-hydrogen) atoms. The Morgan fingerprint density at radius 3 is 2.90 bits per heavy atom. The highest BCUT2D eigenvalue weighted by Crippen LogP contribution is 2.12. The number of piperidine rings is 1. The summed E-state index contributed by atoms with van der Waals surface area (Å²) < 4.78 is 7.10. The summed E-state index contributed by atoms with van der Waals surface area (Å²) in [7, 11) is 1.69. The van der Waals surface area contributed by atoms with Crippen LogP contribution in [0.2, 0.25) is 0 Å². The van der Waals surface area contributed by atoms with Gasteiger partial charge in [0.05, 0.1) is 6.10 Å². The van der Waals surface area contributed by atoms with E-state index in [0.29, 0.717) is 0 Å². The Kier molecular flexibility index (Phi) is 2.97. The first kappa shape index (κ1) is 8.33. The van der Waals surface area contributed by atoms with Gasteiger partial charge in [-0.1, -0.05) is 12.8 Å². The van der Waals surface area contributed by atoms with E-state index in [1.807, 2.05) is 4.31 Å². The maximum absolute atomic E-state index is 5.77. The average molecular weight is 162 g/mol. The van der Waals surface area contributed by atoms with E-state index in [1.54, 1.807) is 7.11 Å². The van der Waals surface area contributed by atoms with Crippen LogP contribution < -0.4 is 5.73 Å². The third-order valence-electron chi connectivity index (χ3n) is 1.89. The first-order chi connectivity index (χ1) is 4.74. The highest BCUT2D eigenvalue weighted by molar-refractivity contribution is 7.77. The maximum atomic E-state index is 5.77. The molecule has 0 radical (unpaired) electrons. The van der Waals surface area contributed by atoms with E-state index < -0.39 is 0 Å². The number of thiol groups is 1. The van der Waals surface area contributed by atoms with Gasteiger partial charge in [-0.2, -0.15) is 0 Å². The van der Waals surface area contributed by atoms with Crippen molar-refractivity contribution in [2.24, 2.45) is 5.73 Å². The third kappa shape index (κ3) is 1.85. The largest absolute Gasteiger partial charge is 0.378 e. The quantitative estimate of drug-likeness (QED) is 0.528. The summed E-state index contributed by atoms with van der Waals surface area (Å²) in [6.07, 6.45) is 1.13. The molecule has 0 aromatic rings. The minimum Gasteiger partial charge on any atom is -0.378 e. The average Bonchev–Trinajstić information content (AvgIpc) is 1.94. The van der Waals surface area contributed by atoms with Gasteiger partial charge in [-0.3, -0.25) is 4.31 Å². The van der Waals surface area contributed by atoms with Crippen LogP contribution in [0.3, 0.4) is 0 Å². The molecule has 0 aromatic carbocycles. The Balaban J connectivity index is 2.38. The van der Waals surface area contributed by atoms with Crippen LogP contribution in [-0.2, 0) is 4.74 Å². The standard InChI is InChI=1S/C6H14N2OS/c1-9-6-4-8(10)3-2-5(6)7/h5-6,10H,2-4,7H2,1H3. The lowest BCUT2D eigenvalue weighted by Gasteiger charge is -2.32. The molecule has 1 saturated heterocycles. The lowest BCUT2D eigenvalue weighted by molar-refractivity contribution is 0.0446. The smallest absolute Gasteiger partial charge is 0.0858 e. The van der Waals surface area contributed by atoms with E-state index in [0.717, 1.165) is 19.5 Å². The van der Waals surface area contributed by atoms with Gasteiger partial charge >= 0.3 is 0 Å². The number of nitrogens with two attached hydrogens (primary N) is 1. The van der Waals surface area contributed by atoms with Crippen LogP contribution in [0.1, 0.15) is 6.42 Å². The van der Waals surface area contributed by atoms with Gasteiger partial charge < -0.3 is 10.5 Å². The molecule has 0 aromatic heterocycles. The number of ether oxygens (including phenoxy) is 1. The zero-order valence-electron chi connectivity index (χ0n) is 6.16. The molecule has 0 aliphatic carbocycles. The maximum Gasteiger partial charge on any atom is 0.0858 e. The van der Waals surface area contributed by atoms with Crippen molar-refractivity contribution in [3.63, 3.8) is 0 Å². The molecule has 0 saturated carbocycles. The van der Waals surface area contributed by atoms with E-state index in [9.17, 15) is 0 Å². The van der Waals surface area contributed by atoms with Crippen molar-refractivity contribution >= 4 is 12.8 Å². The van der Waals surface area contributed by atoms with Crippen molar-refractivity contribution in [2.75, 3.05) is 20.2 Å². The normalized spacial score (nSPS) is 36.3. The fraction of sp³-hybridized carbons (Fsp3) is 1.00. The van der Waals surface area contributed by atoms with Gasteiger partial charge in [0.15, 0.2) is 0 Å². The second-order valence-electron chi connectivity index (χ2n) is 2.64. The van der Waals surface area contributed by atoms with Crippen molar-refractivity contribution in [3.05, 3.63) is 0 Å². The molecule has 1 aliphatic heterocycles. The molecule has 1 fully saturated rings. The van der Waals surface area contributed by atoms with Gasteiger partial charge in [-0.05, 0) is 6.42 Å². The zero-order valence-corrected chi connectivity index (χ0v) is 7.05. The molecule has 60 valence electrons. The summed E-state index contributed by atoms with van der Waals surface area (Å²) in [5.41, 5.74) is 5.77. The lowest BCUT2D eigenvalue weighted by Crippen LogP contribution is -2.48. The van der Waals surface area contributed by atoms with Gasteiger partial charge in [-0.25, -0.2) is 0 Å². The van der Waals surface area contributed by atoms with E-state index in [1.165, 1.54) is 0 Å². The molecule has 3 nitrogen and oxygen atoms in total. The second-order valence-corrected chi connectivity index (χ2v) is 3.20. The Labute approximate surface area is 67.1 Å². The molecule has 0 spiro atoms. The summed E-state index contributed by atoms with van der Waals surface area (Å²) in [5, 5.41) is 0. The van der Waals surface area contributed by atoms with E-state index >= 15 is 0 Å². The summed E-state index contributed by atoms with van der Waals surface area (Å²) >= 11 is 4.21. The molecule has 1 rings (SSSR count). The molecule has 1 aliphatic rings. The lowest BCUT2D eigenvalue weighted by atomic mass is 10.1. The van der Waals surface area contributed by atoms with Gasteiger partial charge in [0, 0.05) is 26.2 Å². The molecule has 1 heterocycles. The first-order valence-electron chi connectivity index (χ1n) is 3.46. The second kappa shape index (κ2) is 3.57. The molecular weight excluding hydrogens is 148 g/mol. The van der Waals surface area contributed by atoms with Crippen molar-refractivity contribution < 1.29 is 4.74 Å². The highest BCUT2D eigenvalue weighted by Gasteiger charge is 2.24. The topological polar surface area (TPSA) is 38.5 Å². The summed E-state index contributed by atoms with van der Waals surface area (Å²) in [6.45, 7) is 1.80. The first-order valence-corrected chi connectivity index (χ1v) is 3.86. The third-order valence-corrected chi connectivity index (χ3v) is 2.25. The van der Waals surface area contributed by atoms with Crippen LogP contribution in [-0.4, -0.2) is 36.7 Å². The summed E-state index contributed by atoms with van der Waals surface area (Å²) in [4.78, 5) is 0. The van der Waals surface area contributed by atoms with Crippen molar-refractivity contribution in [3.8, 4) is 0 Å². The van der Waals surface area contributed by atoms with E-state index in [2.05, 4.69) is 12.8 Å². The number of hydrogen-bond donors (Lipinski definition) is 2. The molecule has 0 amide bonds. The van der Waals surface area contributed by atoms with Crippen LogP contribution in [0.25, 0.3) is 0 Å². The number of methoxy groups -OCH3 is 1. The van der Waals surface area contributed by atoms with Crippen LogP contribution in [0, 0.1) is 0 Å². The highest BCUT2D eigenvalue weighted by atomic mass is 32.1. The molecule has 2 atom stereocenters. The van der Waals surface area contributed by atoms with Gasteiger partial charge in [0.2, 0.25) is 0 Å². The predicted molar refractivity (Wildman–Crippen MR) is 43.9 cm³/mol. The van der Waals surface area contributed by atoms with Crippen LogP contribution in [0.4, 0.5) is 0 Å². The number of nitrogens with zero attached hydrogens (tertiary/aromatic N) is 1. The van der Waals surface area contributed by atoms with Crippen molar-refractivity contribution in [2.45, 2.75) is 18.6 Å². The predicted octanol–water partition coefficient (Wildman–Crippen LogP) is -0.121. The Morgan fingerprint density at radius 2 is 2.40 bits per heavy atom. The molecular formula is C6H14N2OS. The monoisotopic (exact) mass is 162 g/mol. The molecule has 0 bridgehead atoms. The number of hydrogen-bond acceptors (Lipinski definition) is 4. The summed E-state index contributed by atoms with van der Waals surface area (Å²) in [5.74, 6) is 0. The summed E-state index contributed by atoms with van der Waals surface area (Å²) in [6, 6.07) is 0.188. The Bertz CT molecular complexity index is 112. The molecule has 2 unspecified atom stereocenters. The molecule has 4 heteroatoms.